The standard InChI is InChI=1S/C12H23N3O2S/c1-2-10(11(13)18)12(17)15-5-3-4-14(6-7-15)8-9-16/h10,16H,2-9H2,1H3,(H2,13,18). The summed E-state index contributed by atoms with van der Waals surface area (Å²) in [6, 6.07) is 0. The summed E-state index contributed by atoms with van der Waals surface area (Å²) in [5, 5.41) is 8.93. The molecule has 1 heterocycles. The van der Waals surface area contributed by atoms with E-state index in [4.69, 9.17) is 23.1 Å². The fourth-order valence-electron chi connectivity index (χ4n) is 2.27. The smallest absolute Gasteiger partial charge is 0.232 e. The molecule has 0 aromatic carbocycles. The van der Waals surface area contributed by atoms with Crippen molar-refractivity contribution in [3.8, 4) is 0 Å². The largest absolute Gasteiger partial charge is 0.395 e. The Morgan fingerprint density at radius 2 is 2.11 bits per heavy atom. The monoisotopic (exact) mass is 273 g/mol. The molecule has 0 aliphatic carbocycles. The topological polar surface area (TPSA) is 69.8 Å². The SMILES string of the molecule is CCC(C(=O)N1CCCN(CCO)CC1)C(N)=S. The number of rotatable bonds is 5. The summed E-state index contributed by atoms with van der Waals surface area (Å²) in [6.45, 7) is 5.94. The first-order chi connectivity index (χ1) is 8.60. The third kappa shape index (κ3) is 4.19. The first-order valence-electron chi connectivity index (χ1n) is 6.51. The van der Waals surface area contributed by atoms with Gasteiger partial charge in [-0.15, -0.1) is 0 Å². The molecule has 18 heavy (non-hydrogen) atoms. The molecular weight excluding hydrogens is 250 g/mol. The molecule has 1 aliphatic rings. The van der Waals surface area contributed by atoms with Crippen molar-refractivity contribution in [1.82, 2.24) is 9.80 Å². The minimum atomic E-state index is -0.329. The normalized spacial score (nSPS) is 19.3. The van der Waals surface area contributed by atoms with Crippen molar-refractivity contribution in [2.24, 2.45) is 11.7 Å². The lowest BCUT2D eigenvalue weighted by molar-refractivity contribution is -0.133. The highest BCUT2D eigenvalue weighted by molar-refractivity contribution is 7.80. The van der Waals surface area contributed by atoms with Crippen LogP contribution in [0.4, 0.5) is 0 Å². The van der Waals surface area contributed by atoms with Gasteiger partial charge in [-0.05, 0) is 19.4 Å². The lowest BCUT2D eigenvalue weighted by Gasteiger charge is -2.25. The van der Waals surface area contributed by atoms with Gasteiger partial charge < -0.3 is 15.7 Å². The fourth-order valence-corrected chi connectivity index (χ4v) is 2.54. The molecule has 0 aromatic rings. The number of thiocarbonyl (C=S) groups is 1. The Balaban J connectivity index is 2.56. The van der Waals surface area contributed by atoms with Gasteiger partial charge in [-0.3, -0.25) is 9.69 Å². The van der Waals surface area contributed by atoms with E-state index in [9.17, 15) is 4.79 Å². The highest BCUT2D eigenvalue weighted by atomic mass is 32.1. The van der Waals surface area contributed by atoms with Crippen LogP contribution in [0.25, 0.3) is 0 Å². The number of β-amino-alcohol motifs (C(OH)–C–C–N with tert-alkyl or cyclic N) is 1. The second-order valence-electron chi connectivity index (χ2n) is 4.61. The molecule has 0 aromatic heterocycles. The highest BCUT2D eigenvalue weighted by Gasteiger charge is 2.26. The Morgan fingerprint density at radius 1 is 1.39 bits per heavy atom. The van der Waals surface area contributed by atoms with Crippen LogP contribution < -0.4 is 5.73 Å². The van der Waals surface area contributed by atoms with Gasteiger partial charge in [-0.1, -0.05) is 19.1 Å². The molecule has 5 nitrogen and oxygen atoms in total. The van der Waals surface area contributed by atoms with Crippen LogP contribution >= 0.6 is 12.2 Å². The van der Waals surface area contributed by atoms with Crippen LogP contribution in [0.15, 0.2) is 0 Å². The Labute approximate surface area is 114 Å². The van der Waals surface area contributed by atoms with Gasteiger partial charge in [0.05, 0.1) is 17.5 Å². The van der Waals surface area contributed by atoms with E-state index in [-0.39, 0.29) is 18.4 Å². The number of carbonyl (C=O) groups is 1. The molecule has 0 spiro atoms. The quantitative estimate of drug-likeness (QED) is 0.680. The number of aliphatic hydroxyl groups excluding tert-OH is 1. The third-order valence-corrected chi connectivity index (χ3v) is 3.65. The van der Waals surface area contributed by atoms with Crippen LogP contribution in [-0.2, 0) is 4.79 Å². The maximum atomic E-state index is 12.3. The first-order valence-corrected chi connectivity index (χ1v) is 6.92. The summed E-state index contributed by atoms with van der Waals surface area (Å²) >= 11 is 4.95. The zero-order chi connectivity index (χ0) is 13.5. The molecule has 0 radical (unpaired) electrons. The average molecular weight is 273 g/mol. The van der Waals surface area contributed by atoms with Gasteiger partial charge in [-0.2, -0.15) is 0 Å². The van der Waals surface area contributed by atoms with E-state index in [0.29, 0.717) is 24.5 Å². The lowest BCUT2D eigenvalue weighted by Crippen LogP contribution is -2.42. The lowest BCUT2D eigenvalue weighted by atomic mass is 10.1. The maximum absolute atomic E-state index is 12.3. The zero-order valence-electron chi connectivity index (χ0n) is 11.0. The number of aliphatic hydroxyl groups is 1. The van der Waals surface area contributed by atoms with Crippen molar-refractivity contribution in [2.75, 3.05) is 39.3 Å². The number of nitrogens with zero attached hydrogens (tertiary/aromatic N) is 2. The van der Waals surface area contributed by atoms with E-state index in [1.165, 1.54) is 0 Å². The summed E-state index contributed by atoms with van der Waals surface area (Å²) in [6.07, 6.45) is 1.59. The summed E-state index contributed by atoms with van der Waals surface area (Å²) in [7, 11) is 0. The second kappa shape index (κ2) is 7.66. The van der Waals surface area contributed by atoms with Crippen molar-refractivity contribution < 1.29 is 9.90 Å². The third-order valence-electron chi connectivity index (χ3n) is 3.37. The molecule has 1 saturated heterocycles. The van der Waals surface area contributed by atoms with Gasteiger partial charge in [0.2, 0.25) is 5.91 Å². The molecule has 1 fully saturated rings. The van der Waals surface area contributed by atoms with E-state index in [1.807, 2.05) is 11.8 Å². The summed E-state index contributed by atoms with van der Waals surface area (Å²) in [5.74, 6) is -0.278. The van der Waals surface area contributed by atoms with Crippen molar-refractivity contribution in [1.29, 1.82) is 0 Å². The Hall–Kier alpha value is -0.720. The van der Waals surface area contributed by atoms with Gasteiger partial charge in [0.1, 0.15) is 0 Å². The van der Waals surface area contributed by atoms with Crippen molar-refractivity contribution >= 4 is 23.1 Å². The number of carbonyl (C=O) groups excluding carboxylic acids is 1. The number of hydrogen-bond acceptors (Lipinski definition) is 4. The van der Waals surface area contributed by atoms with Crippen molar-refractivity contribution in [3.05, 3.63) is 0 Å². The van der Waals surface area contributed by atoms with E-state index in [1.54, 1.807) is 0 Å². The Kier molecular flexibility index (Phi) is 6.52. The molecular formula is C12H23N3O2S. The molecule has 1 rings (SSSR count). The first kappa shape index (κ1) is 15.3. The molecule has 6 heteroatoms. The summed E-state index contributed by atoms with van der Waals surface area (Å²) < 4.78 is 0. The van der Waals surface area contributed by atoms with Crippen LogP contribution in [0.5, 0.6) is 0 Å². The molecule has 1 amide bonds. The van der Waals surface area contributed by atoms with Crippen LogP contribution in [-0.4, -0.2) is 65.1 Å². The minimum Gasteiger partial charge on any atom is -0.395 e. The van der Waals surface area contributed by atoms with E-state index >= 15 is 0 Å². The maximum Gasteiger partial charge on any atom is 0.232 e. The number of amides is 1. The van der Waals surface area contributed by atoms with Gasteiger partial charge in [-0.25, -0.2) is 0 Å². The fraction of sp³-hybridized carbons (Fsp3) is 0.833. The number of hydrogen-bond donors (Lipinski definition) is 2. The van der Waals surface area contributed by atoms with E-state index in [2.05, 4.69) is 4.90 Å². The van der Waals surface area contributed by atoms with E-state index < -0.39 is 0 Å². The molecule has 104 valence electrons. The van der Waals surface area contributed by atoms with Gasteiger partial charge in [0.25, 0.3) is 0 Å². The molecule has 1 aliphatic heterocycles. The van der Waals surface area contributed by atoms with Crippen LogP contribution in [0.1, 0.15) is 19.8 Å². The highest BCUT2D eigenvalue weighted by Crippen LogP contribution is 2.11. The molecule has 0 saturated carbocycles. The summed E-state index contributed by atoms with van der Waals surface area (Å²) in [5.41, 5.74) is 5.61. The Bertz CT molecular complexity index is 299. The zero-order valence-corrected chi connectivity index (χ0v) is 11.8. The predicted octanol–water partition coefficient (Wildman–Crippen LogP) is -0.175. The molecule has 1 atom stereocenters. The van der Waals surface area contributed by atoms with Gasteiger partial charge >= 0.3 is 0 Å². The van der Waals surface area contributed by atoms with E-state index in [0.717, 1.165) is 26.1 Å². The predicted molar refractivity (Wildman–Crippen MR) is 75.3 cm³/mol. The van der Waals surface area contributed by atoms with Crippen LogP contribution in [0, 0.1) is 5.92 Å². The molecule has 3 N–H and O–H groups in total. The minimum absolute atomic E-state index is 0.0517. The molecule has 1 unspecified atom stereocenters. The number of nitrogens with two attached hydrogens (primary N) is 1. The Morgan fingerprint density at radius 3 is 2.67 bits per heavy atom. The van der Waals surface area contributed by atoms with Crippen LogP contribution in [0.3, 0.4) is 0 Å². The summed E-state index contributed by atoms with van der Waals surface area (Å²) in [4.78, 5) is 16.6. The van der Waals surface area contributed by atoms with Crippen molar-refractivity contribution in [2.45, 2.75) is 19.8 Å². The van der Waals surface area contributed by atoms with Crippen LogP contribution in [0.2, 0.25) is 0 Å². The van der Waals surface area contributed by atoms with Gasteiger partial charge in [0.15, 0.2) is 0 Å². The van der Waals surface area contributed by atoms with Crippen molar-refractivity contribution in [3.63, 3.8) is 0 Å². The molecule has 0 bridgehead atoms. The average Bonchev–Trinajstić information content (AvgIpc) is 2.55. The second-order valence-corrected chi connectivity index (χ2v) is 5.08. The van der Waals surface area contributed by atoms with Gasteiger partial charge in [0, 0.05) is 26.2 Å².